The fraction of sp³-hybridized carbons (Fsp3) is 0.143. The van der Waals surface area contributed by atoms with Crippen LogP contribution < -0.4 is 5.30 Å². The predicted octanol–water partition coefficient (Wildman–Crippen LogP) is 0.281. The zero-order chi connectivity index (χ0) is 16.5. The molecule has 8 heteroatoms. The van der Waals surface area contributed by atoms with Crippen molar-refractivity contribution in [3.63, 3.8) is 0 Å². The number of phenolic OH excluding ortho intramolecular Hbond substituents is 2. The summed E-state index contributed by atoms with van der Waals surface area (Å²) in [5.41, 5.74) is -0.158. The van der Waals surface area contributed by atoms with Gasteiger partial charge in [0.05, 0.1) is 5.30 Å². The number of phenols is 2. The topological polar surface area (TPSA) is 138 Å². The van der Waals surface area contributed by atoms with Crippen molar-refractivity contribution in [3.05, 3.63) is 53.6 Å². The number of aromatic hydroxyl groups is 2. The van der Waals surface area contributed by atoms with Crippen LogP contribution in [-0.4, -0.2) is 30.2 Å². The van der Waals surface area contributed by atoms with Crippen molar-refractivity contribution in [3.8, 4) is 11.5 Å². The molecule has 2 rings (SSSR count). The molecular formula is C14H15O7P. The Hall–Kier alpha value is -1.89. The molecule has 0 aromatic heterocycles. The SMILES string of the molecule is O=P(O)(O)c1ccc(O)cc1C(O)(O)Cc1cccc(O)c1. The number of rotatable bonds is 4. The van der Waals surface area contributed by atoms with Crippen LogP contribution in [0.3, 0.4) is 0 Å². The molecule has 0 heterocycles. The van der Waals surface area contributed by atoms with Gasteiger partial charge >= 0.3 is 7.60 Å². The van der Waals surface area contributed by atoms with Gasteiger partial charge in [0.25, 0.3) is 0 Å². The Morgan fingerprint density at radius 3 is 2.18 bits per heavy atom. The van der Waals surface area contributed by atoms with Crippen LogP contribution in [0.1, 0.15) is 11.1 Å². The summed E-state index contributed by atoms with van der Waals surface area (Å²) in [6.07, 6.45) is -0.433. The summed E-state index contributed by atoms with van der Waals surface area (Å²) in [4.78, 5) is 18.6. The van der Waals surface area contributed by atoms with Gasteiger partial charge in [-0.05, 0) is 35.9 Å². The third-order valence-corrected chi connectivity index (χ3v) is 4.10. The predicted molar refractivity (Wildman–Crippen MR) is 77.7 cm³/mol. The summed E-state index contributed by atoms with van der Waals surface area (Å²) >= 11 is 0. The maximum atomic E-state index is 11.5. The first-order valence-corrected chi connectivity index (χ1v) is 7.83. The van der Waals surface area contributed by atoms with Crippen LogP contribution in [0.25, 0.3) is 0 Å². The van der Waals surface area contributed by atoms with E-state index in [1.165, 1.54) is 24.3 Å². The molecule has 0 fully saturated rings. The van der Waals surface area contributed by atoms with E-state index in [4.69, 9.17) is 0 Å². The minimum absolute atomic E-state index is 0.0839. The lowest BCUT2D eigenvalue weighted by Gasteiger charge is -2.25. The lowest BCUT2D eigenvalue weighted by atomic mass is 9.97. The first kappa shape index (κ1) is 16.5. The smallest absolute Gasteiger partial charge is 0.356 e. The van der Waals surface area contributed by atoms with E-state index in [0.29, 0.717) is 5.56 Å². The van der Waals surface area contributed by atoms with E-state index in [2.05, 4.69) is 0 Å². The Morgan fingerprint density at radius 1 is 0.955 bits per heavy atom. The number of hydrogen-bond acceptors (Lipinski definition) is 5. The third-order valence-electron chi connectivity index (χ3n) is 3.09. The van der Waals surface area contributed by atoms with E-state index in [9.17, 15) is 34.8 Å². The van der Waals surface area contributed by atoms with E-state index in [1.807, 2.05) is 0 Å². The van der Waals surface area contributed by atoms with Gasteiger partial charge in [0.2, 0.25) is 0 Å². The molecule has 0 atom stereocenters. The molecule has 0 saturated carbocycles. The molecule has 7 nitrogen and oxygen atoms in total. The van der Waals surface area contributed by atoms with Crippen molar-refractivity contribution in [2.45, 2.75) is 12.2 Å². The standard InChI is InChI=1S/C14H15O7P/c15-10-3-1-2-9(6-10)8-14(17,18)12-7-11(16)4-5-13(12)22(19,20)21/h1-7,15-18H,8H2,(H2,19,20,21). The van der Waals surface area contributed by atoms with Crippen molar-refractivity contribution in [1.82, 2.24) is 0 Å². The summed E-state index contributed by atoms with van der Waals surface area (Å²) in [6.45, 7) is 0. The molecule has 118 valence electrons. The van der Waals surface area contributed by atoms with Gasteiger partial charge in [0, 0.05) is 12.0 Å². The van der Waals surface area contributed by atoms with Crippen LogP contribution in [-0.2, 0) is 16.8 Å². The molecule has 2 aromatic rings. The highest BCUT2D eigenvalue weighted by molar-refractivity contribution is 7.60. The van der Waals surface area contributed by atoms with Crippen molar-refractivity contribution >= 4 is 12.9 Å². The van der Waals surface area contributed by atoms with Crippen LogP contribution in [0.5, 0.6) is 11.5 Å². The van der Waals surface area contributed by atoms with Gasteiger partial charge in [0.15, 0.2) is 5.79 Å². The highest BCUT2D eigenvalue weighted by Gasteiger charge is 2.35. The molecule has 0 amide bonds. The molecule has 22 heavy (non-hydrogen) atoms. The third kappa shape index (κ3) is 3.65. The van der Waals surface area contributed by atoms with E-state index in [-0.39, 0.29) is 11.5 Å². The molecule has 6 N–H and O–H groups in total. The highest BCUT2D eigenvalue weighted by Crippen LogP contribution is 2.39. The first-order chi connectivity index (χ1) is 10.1. The van der Waals surface area contributed by atoms with Crippen molar-refractivity contribution in [2.75, 3.05) is 0 Å². The maximum absolute atomic E-state index is 11.5. The molecule has 0 radical (unpaired) electrons. The molecular weight excluding hydrogens is 311 g/mol. The van der Waals surface area contributed by atoms with E-state index in [1.54, 1.807) is 0 Å². The lowest BCUT2D eigenvalue weighted by Crippen LogP contribution is -2.33. The summed E-state index contributed by atoms with van der Waals surface area (Å²) in [6, 6.07) is 8.57. The summed E-state index contributed by atoms with van der Waals surface area (Å²) < 4.78 is 11.5. The van der Waals surface area contributed by atoms with Gasteiger partial charge < -0.3 is 30.2 Å². The summed E-state index contributed by atoms with van der Waals surface area (Å²) in [5.74, 6) is -3.08. The van der Waals surface area contributed by atoms with Crippen LogP contribution in [0.15, 0.2) is 42.5 Å². The van der Waals surface area contributed by atoms with Gasteiger partial charge in [0.1, 0.15) is 11.5 Å². The molecule has 0 spiro atoms. The van der Waals surface area contributed by atoms with Gasteiger partial charge in [-0.25, -0.2) is 0 Å². The Kier molecular flexibility index (Phi) is 4.28. The second kappa shape index (κ2) is 5.72. The summed E-state index contributed by atoms with van der Waals surface area (Å²) in [5, 5.41) is 38.7. The average Bonchev–Trinajstić information content (AvgIpc) is 2.36. The molecule has 0 bridgehead atoms. The van der Waals surface area contributed by atoms with Crippen LogP contribution in [0.4, 0.5) is 0 Å². The molecule has 0 saturated heterocycles. The number of hydrogen-bond donors (Lipinski definition) is 6. The van der Waals surface area contributed by atoms with Crippen LogP contribution in [0, 0.1) is 0 Å². The minimum Gasteiger partial charge on any atom is -0.508 e. The fourth-order valence-corrected chi connectivity index (χ4v) is 2.97. The zero-order valence-electron chi connectivity index (χ0n) is 11.3. The maximum Gasteiger partial charge on any atom is 0.356 e. The minimum atomic E-state index is -4.77. The van der Waals surface area contributed by atoms with Crippen molar-refractivity contribution in [2.24, 2.45) is 0 Å². The zero-order valence-corrected chi connectivity index (χ0v) is 12.2. The second-order valence-corrected chi connectivity index (χ2v) is 6.48. The quantitative estimate of drug-likeness (QED) is 0.350. The van der Waals surface area contributed by atoms with E-state index >= 15 is 0 Å². The van der Waals surface area contributed by atoms with E-state index < -0.39 is 30.7 Å². The molecule has 2 aromatic carbocycles. The van der Waals surface area contributed by atoms with Gasteiger partial charge in [-0.1, -0.05) is 12.1 Å². The second-order valence-electron chi connectivity index (χ2n) is 4.91. The number of benzene rings is 2. The molecule has 0 aliphatic heterocycles. The molecule has 0 aliphatic carbocycles. The largest absolute Gasteiger partial charge is 0.508 e. The fourth-order valence-electron chi connectivity index (χ4n) is 2.15. The van der Waals surface area contributed by atoms with Crippen molar-refractivity contribution < 1.29 is 34.8 Å². The Balaban J connectivity index is 2.49. The van der Waals surface area contributed by atoms with Crippen LogP contribution >= 0.6 is 7.60 Å². The summed E-state index contributed by atoms with van der Waals surface area (Å²) in [7, 11) is -4.77. The van der Waals surface area contributed by atoms with Gasteiger partial charge in [-0.2, -0.15) is 0 Å². The molecule has 0 aliphatic rings. The van der Waals surface area contributed by atoms with E-state index in [0.717, 1.165) is 18.2 Å². The van der Waals surface area contributed by atoms with Crippen molar-refractivity contribution in [1.29, 1.82) is 0 Å². The monoisotopic (exact) mass is 326 g/mol. The van der Waals surface area contributed by atoms with Gasteiger partial charge in [-0.3, -0.25) is 4.57 Å². The first-order valence-electron chi connectivity index (χ1n) is 6.22. The molecule has 0 unspecified atom stereocenters. The average molecular weight is 326 g/mol. The Morgan fingerprint density at radius 2 is 1.59 bits per heavy atom. The Labute approximate surface area is 125 Å². The number of aliphatic hydroxyl groups is 2. The normalized spacial score (nSPS) is 12.4. The Bertz CT molecular complexity index is 736. The van der Waals surface area contributed by atoms with Crippen LogP contribution in [0.2, 0.25) is 0 Å². The van der Waals surface area contributed by atoms with Gasteiger partial charge in [-0.15, -0.1) is 0 Å². The highest BCUT2D eigenvalue weighted by atomic mass is 31.2. The lowest BCUT2D eigenvalue weighted by molar-refractivity contribution is -0.167.